The van der Waals surface area contributed by atoms with Crippen molar-refractivity contribution in [2.24, 2.45) is 0 Å². The van der Waals surface area contributed by atoms with Gasteiger partial charge in [-0.1, -0.05) is 271 Å². The van der Waals surface area contributed by atoms with E-state index in [4.69, 9.17) is 126 Å². The van der Waals surface area contributed by atoms with Gasteiger partial charge in [0.25, 0.3) is 5.89 Å². The summed E-state index contributed by atoms with van der Waals surface area (Å²) in [7, 11) is 3.82. The number of para-hydroxylation sites is 5. The van der Waals surface area contributed by atoms with E-state index in [0.717, 1.165) is 75.7 Å². The predicted molar refractivity (Wildman–Crippen MR) is 579 cm³/mol. The van der Waals surface area contributed by atoms with Crippen LogP contribution in [0.3, 0.4) is 0 Å². The minimum atomic E-state index is -0.690. The first kappa shape index (κ1) is 106. The van der Waals surface area contributed by atoms with Gasteiger partial charge in [-0.25, -0.2) is 67.3 Å². The molecule has 0 aliphatic heterocycles. The minimum absolute atomic E-state index is 0.0136. The van der Waals surface area contributed by atoms with Gasteiger partial charge in [0.15, 0.2) is 51.8 Å². The van der Waals surface area contributed by atoms with Crippen LogP contribution in [0.5, 0.6) is 0 Å². The summed E-state index contributed by atoms with van der Waals surface area (Å²) in [6.07, 6.45) is 0. The van der Waals surface area contributed by atoms with Gasteiger partial charge in [-0.15, -0.1) is 0 Å². The summed E-state index contributed by atoms with van der Waals surface area (Å²) >= 11 is 63.4. The van der Waals surface area contributed by atoms with Crippen LogP contribution in [0.1, 0.15) is 94.1 Å². The average Bonchev–Trinajstić information content (AvgIpc) is 1.63. The third-order valence-corrected chi connectivity index (χ3v) is 28.4. The average molecular weight is 2330 g/mol. The second-order valence-corrected chi connectivity index (χ2v) is 39.0. The molecule has 20 rings (SSSR count). The van der Waals surface area contributed by atoms with Crippen molar-refractivity contribution in [1.29, 1.82) is 0 Å². The van der Waals surface area contributed by atoms with E-state index in [1.54, 1.807) is 102 Å². The van der Waals surface area contributed by atoms with Crippen LogP contribution in [0.15, 0.2) is 256 Å². The normalized spacial score (nSPS) is 10.9. The van der Waals surface area contributed by atoms with Gasteiger partial charge in [-0.3, -0.25) is 0 Å². The lowest BCUT2D eigenvalue weighted by Gasteiger charge is -2.07. The number of methoxy groups -OCH3 is 3. The first-order chi connectivity index (χ1) is 71.0. The van der Waals surface area contributed by atoms with E-state index < -0.39 is 29.8 Å². The number of aryl methyl sites for hydroxylation is 5. The highest BCUT2D eigenvalue weighted by atomic mass is 79.9. The van der Waals surface area contributed by atoms with Gasteiger partial charge in [0, 0.05) is 27.8 Å². The number of aromatic nitrogens is 20. The number of hydrogen-bond acceptors (Lipinski definition) is 30. The molecule has 10 aromatic heterocycles. The summed E-state index contributed by atoms with van der Waals surface area (Å²) < 4.78 is 56.5. The van der Waals surface area contributed by atoms with Gasteiger partial charge in [-0.2, -0.15) is 48.0 Å². The van der Waals surface area contributed by atoms with Crippen LogP contribution < -0.4 is 0 Å². The highest BCUT2D eigenvalue weighted by molar-refractivity contribution is 9.11. The van der Waals surface area contributed by atoms with Crippen LogP contribution in [-0.4, -0.2) is 161 Å². The summed E-state index contributed by atoms with van der Waals surface area (Å²) in [4.78, 5) is 84.5. The van der Waals surface area contributed by atoms with E-state index in [0.29, 0.717) is 114 Å². The monoisotopic (exact) mass is 2320 g/mol. The van der Waals surface area contributed by atoms with E-state index in [9.17, 15) is 24.0 Å². The summed E-state index contributed by atoms with van der Waals surface area (Å²) in [6, 6.07) is 75.3. The zero-order chi connectivity index (χ0) is 104. The summed E-state index contributed by atoms with van der Waals surface area (Å²) in [5.41, 5.74) is 15.2. The Kier molecular flexibility index (Phi) is 34.5. The molecule has 10 heterocycles. The van der Waals surface area contributed by atoms with E-state index in [2.05, 4.69) is 106 Å². The van der Waals surface area contributed by atoms with Crippen molar-refractivity contribution in [2.45, 2.75) is 48.5 Å². The van der Waals surface area contributed by atoms with E-state index >= 15 is 0 Å². The van der Waals surface area contributed by atoms with Crippen LogP contribution in [0.25, 0.3) is 140 Å². The molecular formula is C102H74Br2Cl8N20O11S4. The fourth-order valence-electron chi connectivity index (χ4n) is 14.4. The molecule has 147 heavy (non-hydrogen) atoms. The van der Waals surface area contributed by atoms with Gasteiger partial charge >= 0.3 is 29.8 Å². The van der Waals surface area contributed by atoms with Gasteiger partial charge in [0.05, 0.1) is 97.0 Å². The molecule has 20 aromatic rings. The molecule has 0 saturated carbocycles. The number of carbonyl (C=O) groups excluding carboxylic acids is 5. The second-order valence-electron chi connectivity index (χ2n) is 31.3. The Balaban J connectivity index is 0.000000131. The number of esters is 5. The lowest BCUT2D eigenvalue weighted by atomic mass is 10.1. The van der Waals surface area contributed by atoms with Gasteiger partial charge < -0.3 is 28.2 Å². The minimum Gasteiger partial charge on any atom is -0.464 e. The fourth-order valence-corrected chi connectivity index (χ4v) is 20.1. The van der Waals surface area contributed by atoms with Crippen LogP contribution >= 0.6 is 171 Å². The number of nitrogens with zero attached hydrogens (tertiary/aromatic N) is 20. The predicted octanol–water partition coefficient (Wildman–Crippen LogP) is 27.8. The van der Waals surface area contributed by atoms with E-state index in [1.165, 1.54) is 81.5 Å². The Labute approximate surface area is 911 Å². The Morgan fingerprint density at radius 1 is 0.299 bits per heavy atom. The third kappa shape index (κ3) is 23.6. The second kappa shape index (κ2) is 47.8. The number of halogens is 10. The molecule has 0 saturated heterocycles. The third-order valence-electron chi connectivity index (χ3n) is 21.1. The molecule has 10 aromatic carbocycles. The van der Waals surface area contributed by atoms with Crippen LogP contribution in [0, 0.1) is 34.6 Å². The zero-order valence-corrected chi connectivity index (χ0v) is 90.8. The molecule has 0 fully saturated rings. The van der Waals surface area contributed by atoms with Crippen molar-refractivity contribution in [2.75, 3.05) is 34.5 Å². The topological polar surface area (TPSA) is 363 Å². The number of ether oxygens (including phenoxy) is 5. The molecule has 0 aliphatic rings. The lowest BCUT2D eigenvalue weighted by molar-refractivity contribution is 0.0509. The van der Waals surface area contributed by atoms with Crippen molar-refractivity contribution in [3.8, 4) is 140 Å². The molecule has 742 valence electrons. The first-order valence-electron chi connectivity index (χ1n) is 43.8. The van der Waals surface area contributed by atoms with Crippen molar-refractivity contribution in [3.05, 3.63) is 348 Å². The molecular weight excluding hydrogens is 2250 g/mol. The molecule has 0 aliphatic carbocycles. The van der Waals surface area contributed by atoms with Crippen molar-refractivity contribution in [1.82, 2.24) is 96.5 Å². The van der Waals surface area contributed by atoms with Gasteiger partial charge in [0.1, 0.15) is 63.6 Å². The van der Waals surface area contributed by atoms with E-state index in [1.807, 2.05) is 192 Å². The quantitative estimate of drug-likeness (QED) is 0.0449. The lowest BCUT2D eigenvalue weighted by Crippen LogP contribution is -2.07. The molecule has 0 spiro atoms. The SMILES string of the molecule is CCOC(=O)c1nn(-c2ccccc2Cl)c(-c2nsc(-c3cccc(C)c3)n2)c1Br.CCOC(=O)c1nn(-c2ccccc2Cl)c(-c2nsc(-c3cccc(C)c3)n2)c1Cl.COC(=O)c1nn(-c2ccccc2Cl)c(-c2noc(-c3cccc(C)c3)n2)c1Cl.COC(=O)c1nn(-c2ccccc2Cl)c(-c2nsc(-c3cccc(C)c3)n2)c1Br.COC(=O)c1nn(-c2ccccc2Cl)c(-c2nsc(-c3cccc(C)c3)n2)c1Cl. The summed E-state index contributed by atoms with van der Waals surface area (Å²) in [5.74, 6) is -1.04. The molecule has 0 unspecified atom stereocenters. The Morgan fingerprint density at radius 2 is 0.537 bits per heavy atom. The summed E-state index contributed by atoms with van der Waals surface area (Å²) in [5, 5.41) is 31.4. The number of hydrogen-bond donors (Lipinski definition) is 0. The first-order valence-corrected chi connectivity index (χ1v) is 51.5. The van der Waals surface area contributed by atoms with Crippen molar-refractivity contribution in [3.63, 3.8) is 0 Å². The van der Waals surface area contributed by atoms with Crippen molar-refractivity contribution < 1.29 is 52.2 Å². The van der Waals surface area contributed by atoms with Crippen LogP contribution in [-0.2, 0) is 23.7 Å². The number of benzene rings is 10. The van der Waals surface area contributed by atoms with Crippen LogP contribution in [0.4, 0.5) is 0 Å². The molecule has 31 nitrogen and oxygen atoms in total. The maximum atomic E-state index is 12.4. The Hall–Kier alpha value is -13.7. The number of rotatable bonds is 22. The Bertz CT molecular complexity index is 7700. The summed E-state index contributed by atoms with van der Waals surface area (Å²) in [6.45, 7) is 13.9. The standard InChI is InChI=1S/C21H16BrClN4O2S.C21H16Cl2N4O2S.C20H14BrClN4O2S.C20H14Cl2N4O3.C20H14Cl2N4O2S/c1-3-29-21(28)17-16(22)18(27(25-17)15-10-5-4-9-14(15)23)19-24-20(30-26-19)13-8-6-7-12(2)11-13;1-3-29-21(28)17-16(23)18(27(25-17)15-10-5-4-9-14(15)22)19-24-20(30-26-19)13-8-6-7-12(2)11-13;1-11-6-5-7-12(10-11)19-23-18(25-29-19)17-15(21)16(20(27)28-2)24-26(17)14-9-4-3-8-13(14)22;2*1-11-6-5-7-12(10-11)19-23-18(25-29-19)17-15(22)16(20(27)28-2)24-26(17)14-9-4-3-8-13(14)21/h2*4-11H,3H2,1-2H3;3*3-10H,1-2H3. The maximum absolute atomic E-state index is 12.4. The molecule has 0 atom stereocenters. The van der Waals surface area contributed by atoms with Crippen LogP contribution in [0.2, 0.25) is 40.2 Å². The zero-order valence-electron chi connectivity index (χ0n) is 78.4. The number of carbonyl (C=O) groups is 5. The maximum Gasteiger partial charge on any atom is 0.360 e. The largest absolute Gasteiger partial charge is 0.464 e. The molecule has 0 bridgehead atoms. The highest BCUT2D eigenvalue weighted by Gasteiger charge is 2.35. The fraction of sp³-hybridized carbons (Fsp3) is 0.118. The molecule has 45 heteroatoms. The van der Waals surface area contributed by atoms with E-state index in [-0.39, 0.29) is 68.3 Å². The van der Waals surface area contributed by atoms with Crippen molar-refractivity contribution >= 4 is 201 Å². The molecule has 0 amide bonds. The highest BCUT2D eigenvalue weighted by Crippen LogP contribution is 2.44. The Morgan fingerprint density at radius 3 is 0.823 bits per heavy atom. The van der Waals surface area contributed by atoms with Gasteiger partial charge in [-0.05, 0) is 224 Å². The molecule has 0 radical (unpaired) electrons. The van der Waals surface area contributed by atoms with Gasteiger partial charge in [0.2, 0.25) is 5.82 Å². The smallest absolute Gasteiger partial charge is 0.360 e. The molecule has 0 N–H and O–H groups in total.